The van der Waals surface area contributed by atoms with E-state index in [0.717, 1.165) is 13.0 Å². The minimum Gasteiger partial charge on any atom is -0.396 e. The predicted octanol–water partition coefficient (Wildman–Crippen LogP) is 1.46. The van der Waals surface area contributed by atoms with Gasteiger partial charge in [0, 0.05) is 32.7 Å². The summed E-state index contributed by atoms with van der Waals surface area (Å²) in [7, 11) is 1.67. The van der Waals surface area contributed by atoms with Gasteiger partial charge in [0.2, 0.25) is 0 Å². The van der Waals surface area contributed by atoms with Gasteiger partial charge in [-0.3, -0.25) is 10.1 Å². The van der Waals surface area contributed by atoms with Crippen LogP contribution in [0.1, 0.15) is 6.42 Å². The Labute approximate surface area is 105 Å². The summed E-state index contributed by atoms with van der Waals surface area (Å²) < 4.78 is 0. The summed E-state index contributed by atoms with van der Waals surface area (Å²) in [6.07, 6.45) is 0.872. The molecule has 98 valence electrons. The first-order valence-electron chi connectivity index (χ1n) is 5.98. The maximum absolute atomic E-state index is 11.2. The number of hydrogen-bond acceptors (Lipinski definition) is 5. The van der Waals surface area contributed by atoms with E-state index in [9.17, 15) is 10.1 Å². The van der Waals surface area contributed by atoms with Crippen molar-refractivity contribution in [1.82, 2.24) is 0 Å². The fraction of sp³-hybridized carbons (Fsp3) is 0.500. The van der Waals surface area contributed by atoms with Gasteiger partial charge in [0.15, 0.2) is 0 Å². The highest BCUT2D eigenvalue weighted by molar-refractivity contribution is 5.77. The number of hydrogen-bond donors (Lipinski definition) is 2. The normalized spacial score (nSPS) is 19.0. The highest BCUT2D eigenvalue weighted by Gasteiger charge is 2.28. The molecule has 0 bridgehead atoms. The minimum absolute atomic E-state index is 0.110. The van der Waals surface area contributed by atoms with Crippen LogP contribution in [0.15, 0.2) is 18.2 Å². The van der Waals surface area contributed by atoms with Crippen LogP contribution in [0.4, 0.5) is 17.1 Å². The number of aliphatic hydroxyl groups excluding tert-OH is 1. The molecule has 2 N–H and O–H groups in total. The van der Waals surface area contributed by atoms with Crippen molar-refractivity contribution in [2.24, 2.45) is 5.92 Å². The Hall–Kier alpha value is -1.82. The van der Waals surface area contributed by atoms with E-state index in [4.69, 9.17) is 5.11 Å². The number of benzene rings is 1. The minimum atomic E-state index is -0.354. The fourth-order valence-corrected chi connectivity index (χ4v) is 2.38. The second-order valence-corrected chi connectivity index (χ2v) is 4.46. The Morgan fingerprint density at radius 1 is 1.61 bits per heavy atom. The lowest BCUT2D eigenvalue weighted by molar-refractivity contribution is -0.383. The van der Waals surface area contributed by atoms with Gasteiger partial charge in [0.1, 0.15) is 11.4 Å². The molecule has 1 aromatic carbocycles. The molecule has 0 saturated carbocycles. The van der Waals surface area contributed by atoms with Crippen LogP contribution >= 0.6 is 0 Å². The van der Waals surface area contributed by atoms with Crippen LogP contribution in [0.5, 0.6) is 0 Å². The molecule has 0 aliphatic carbocycles. The number of aliphatic hydroxyl groups is 1. The van der Waals surface area contributed by atoms with E-state index in [0.29, 0.717) is 17.9 Å². The van der Waals surface area contributed by atoms with Crippen molar-refractivity contribution in [3.63, 3.8) is 0 Å². The Morgan fingerprint density at radius 2 is 2.39 bits per heavy atom. The second kappa shape index (κ2) is 5.22. The van der Waals surface area contributed by atoms with Gasteiger partial charge in [0.05, 0.1) is 4.92 Å². The van der Waals surface area contributed by atoms with Crippen molar-refractivity contribution < 1.29 is 10.0 Å². The van der Waals surface area contributed by atoms with Crippen LogP contribution in [0, 0.1) is 16.0 Å². The number of nitrogens with zero attached hydrogens (tertiary/aromatic N) is 2. The average molecular weight is 251 g/mol. The Morgan fingerprint density at radius 3 is 2.94 bits per heavy atom. The maximum atomic E-state index is 11.2. The van der Waals surface area contributed by atoms with Gasteiger partial charge in [0.25, 0.3) is 0 Å². The predicted molar refractivity (Wildman–Crippen MR) is 70.0 cm³/mol. The molecule has 1 unspecified atom stereocenters. The molecule has 0 amide bonds. The van der Waals surface area contributed by atoms with Gasteiger partial charge < -0.3 is 15.3 Å². The molecule has 1 fully saturated rings. The van der Waals surface area contributed by atoms with Gasteiger partial charge in [-0.25, -0.2) is 0 Å². The van der Waals surface area contributed by atoms with Crippen LogP contribution in [-0.2, 0) is 0 Å². The van der Waals surface area contributed by atoms with E-state index in [1.807, 2.05) is 4.90 Å². The molecule has 1 saturated heterocycles. The highest BCUT2D eigenvalue weighted by Crippen LogP contribution is 2.37. The summed E-state index contributed by atoms with van der Waals surface area (Å²) in [4.78, 5) is 12.8. The molecule has 2 rings (SSSR count). The van der Waals surface area contributed by atoms with Crippen LogP contribution in [-0.4, -0.2) is 36.8 Å². The molecule has 1 heterocycles. The molecule has 0 aromatic heterocycles. The van der Waals surface area contributed by atoms with E-state index in [1.165, 1.54) is 0 Å². The molecule has 1 aromatic rings. The van der Waals surface area contributed by atoms with Crippen molar-refractivity contribution >= 4 is 17.1 Å². The van der Waals surface area contributed by atoms with Crippen LogP contribution in [0.3, 0.4) is 0 Å². The maximum Gasteiger partial charge on any atom is 0.315 e. The van der Waals surface area contributed by atoms with Crippen molar-refractivity contribution in [3.8, 4) is 0 Å². The van der Waals surface area contributed by atoms with Gasteiger partial charge >= 0.3 is 5.69 Å². The van der Waals surface area contributed by atoms with Gasteiger partial charge in [-0.15, -0.1) is 0 Å². The molecular weight excluding hydrogens is 234 g/mol. The molecule has 6 nitrogen and oxygen atoms in total. The standard InChI is InChI=1S/C12H17N3O3/c1-13-10-3-2-4-11(12(10)15(17)18)14-6-5-9(7-14)8-16/h2-4,9,13,16H,5-8H2,1H3. The lowest BCUT2D eigenvalue weighted by Crippen LogP contribution is -2.21. The van der Waals surface area contributed by atoms with Crippen molar-refractivity contribution in [2.75, 3.05) is 37.0 Å². The SMILES string of the molecule is CNc1cccc(N2CCC(CO)C2)c1[N+](=O)[O-]. The summed E-state index contributed by atoms with van der Waals surface area (Å²) >= 11 is 0. The van der Waals surface area contributed by atoms with Gasteiger partial charge in [-0.2, -0.15) is 0 Å². The van der Waals surface area contributed by atoms with Crippen molar-refractivity contribution in [3.05, 3.63) is 28.3 Å². The molecule has 1 aliphatic heterocycles. The third-order valence-corrected chi connectivity index (χ3v) is 3.35. The zero-order chi connectivity index (χ0) is 13.1. The lowest BCUT2D eigenvalue weighted by atomic mass is 10.1. The number of anilines is 2. The Balaban J connectivity index is 2.36. The summed E-state index contributed by atoms with van der Waals surface area (Å²) in [6.45, 7) is 1.56. The zero-order valence-electron chi connectivity index (χ0n) is 10.3. The first kappa shape index (κ1) is 12.6. The molecule has 0 spiro atoms. The number of nitro benzene ring substituents is 1. The van der Waals surface area contributed by atoms with Crippen LogP contribution in [0.2, 0.25) is 0 Å². The Bertz CT molecular complexity index is 450. The van der Waals surface area contributed by atoms with E-state index < -0.39 is 0 Å². The highest BCUT2D eigenvalue weighted by atomic mass is 16.6. The molecule has 1 atom stereocenters. The monoisotopic (exact) mass is 251 g/mol. The molecule has 0 radical (unpaired) electrons. The number of nitro groups is 1. The largest absolute Gasteiger partial charge is 0.396 e. The van der Waals surface area contributed by atoms with Crippen LogP contribution < -0.4 is 10.2 Å². The van der Waals surface area contributed by atoms with E-state index in [-0.39, 0.29) is 23.1 Å². The zero-order valence-corrected chi connectivity index (χ0v) is 10.3. The first-order chi connectivity index (χ1) is 8.67. The molecule has 18 heavy (non-hydrogen) atoms. The number of nitrogens with one attached hydrogen (secondary N) is 1. The van der Waals surface area contributed by atoms with E-state index >= 15 is 0 Å². The molecular formula is C12H17N3O3. The fourth-order valence-electron chi connectivity index (χ4n) is 2.38. The molecule has 6 heteroatoms. The quantitative estimate of drug-likeness (QED) is 0.625. The third-order valence-electron chi connectivity index (χ3n) is 3.35. The molecule has 1 aliphatic rings. The van der Waals surface area contributed by atoms with Gasteiger partial charge in [-0.05, 0) is 18.6 Å². The summed E-state index contributed by atoms with van der Waals surface area (Å²) in [5.41, 5.74) is 1.26. The van der Waals surface area contributed by atoms with Crippen LogP contribution in [0.25, 0.3) is 0 Å². The smallest absolute Gasteiger partial charge is 0.315 e. The van der Waals surface area contributed by atoms with E-state index in [1.54, 1.807) is 25.2 Å². The number of para-hydroxylation sites is 1. The third kappa shape index (κ3) is 2.24. The summed E-state index contributed by atoms with van der Waals surface area (Å²) in [6, 6.07) is 5.26. The lowest BCUT2D eigenvalue weighted by Gasteiger charge is -2.19. The number of rotatable bonds is 4. The van der Waals surface area contributed by atoms with Crippen molar-refractivity contribution in [2.45, 2.75) is 6.42 Å². The van der Waals surface area contributed by atoms with E-state index in [2.05, 4.69) is 5.32 Å². The second-order valence-electron chi connectivity index (χ2n) is 4.46. The Kier molecular flexibility index (Phi) is 3.66. The first-order valence-corrected chi connectivity index (χ1v) is 5.98. The van der Waals surface area contributed by atoms with Crippen molar-refractivity contribution in [1.29, 1.82) is 0 Å². The summed E-state index contributed by atoms with van der Waals surface area (Å²) in [5.74, 6) is 0.211. The average Bonchev–Trinajstić information content (AvgIpc) is 2.86. The summed E-state index contributed by atoms with van der Waals surface area (Å²) in [5, 5.41) is 23.2. The topological polar surface area (TPSA) is 78.6 Å². The van der Waals surface area contributed by atoms with Gasteiger partial charge in [-0.1, -0.05) is 6.07 Å².